The third kappa shape index (κ3) is 4.80. The summed E-state index contributed by atoms with van der Waals surface area (Å²) in [5, 5.41) is 0.926. The summed E-state index contributed by atoms with van der Waals surface area (Å²) in [6, 6.07) is 15.5. The van der Waals surface area contributed by atoms with Crippen molar-refractivity contribution < 1.29 is 23.7 Å². The number of ether oxygens (including phenoxy) is 4. The maximum absolute atomic E-state index is 12.1. The van der Waals surface area contributed by atoms with E-state index < -0.39 is 0 Å². The zero-order valence-corrected chi connectivity index (χ0v) is 22.0. The van der Waals surface area contributed by atoms with E-state index >= 15 is 0 Å². The molecule has 0 aliphatic carbocycles. The van der Waals surface area contributed by atoms with Crippen molar-refractivity contribution in [3.63, 3.8) is 0 Å². The normalized spacial score (nSPS) is 10.4. The summed E-state index contributed by atoms with van der Waals surface area (Å²) in [5.41, 5.74) is 3.74. The van der Waals surface area contributed by atoms with Crippen molar-refractivity contribution in [3.05, 3.63) is 69.4 Å². The average molecular weight is 581 g/mol. The van der Waals surface area contributed by atoms with Gasteiger partial charge in [0, 0.05) is 43.5 Å². The molecule has 0 aliphatic heterocycles. The maximum Gasteiger partial charge on any atom is 0.203 e. The topological polar surface area (TPSA) is 58.9 Å². The van der Waals surface area contributed by atoms with Crippen LogP contribution in [0.1, 0.15) is 15.9 Å². The van der Waals surface area contributed by atoms with Crippen LogP contribution < -0.4 is 18.9 Å². The first-order valence-corrected chi connectivity index (χ1v) is 11.8. The van der Waals surface area contributed by atoms with Crippen LogP contribution in [0.2, 0.25) is 0 Å². The Labute approximate surface area is 217 Å². The molecule has 0 N–H and O–H groups in total. The minimum Gasteiger partial charge on any atom is -0.497 e. The van der Waals surface area contributed by atoms with Gasteiger partial charge in [-0.25, -0.2) is 0 Å². The molecule has 0 saturated heterocycles. The molecule has 1 aromatic heterocycles. The highest BCUT2D eigenvalue weighted by Crippen LogP contribution is 2.48. The van der Waals surface area contributed by atoms with Crippen LogP contribution in [0.3, 0.4) is 0 Å². The number of methoxy groups -OCH3 is 4. The predicted octanol–water partition coefficient (Wildman–Crippen LogP) is 5.81. The maximum atomic E-state index is 12.1. The van der Waals surface area contributed by atoms with Crippen molar-refractivity contribution in [1.29, 1.82) is 0 Å². The molecular formula is C28H24INO5. The monoisotopic (exact) mass is 581 g/mol. The number of rotatable bonds is 7. The van der Waals surface area contributed by atoms with Crippen LogP contribution in [0.15, 0.2) is 54.7 Å². The molecule has 1 heterocycles. The third-order valence-corrected chi connectivity index (χ3v) is 6.39. The molecule has 0 unspecified atom stereocenters. The lowest BCUT2D eigenvalue weighted by atomic mass is 9.97. The Morgan fingerprint density at radius 2 is 1.66 bits per heavy atom. The number of aldehydes is 1. The lowest BCUT2D eigenvalue weighted by Crippen LogP contribution is -2.00. The van der Waals surface area contributed by atoms with Gasteiger partial charge >= 0.3 is 0 Å². The van der Waals surface area contributed by atoms with Gasteiger partial charge in [0.1, 0.15) is 5.75 Å². The van der Waals surface area contributed by atoms with Crippen LogP contribution in [0.5, 0.6) is 23.0 Å². The first kappa shape index (κ1) is 24.5. The minimum atomic E-state index is 0.420. The minimum absolute atomic E-state index is 0.420. The number of nitrogens with zero attached hydrogens (tertiary/aromatic N) is 1. The van der Waals surface area contributed by atoms with E-state index in [1.165, 1.54) is 7.11 Å². The van der Waals surface area contributed by atoms with E-state index in [9.17, 15) is 4.79 Å². The Bertz CT molecular complexity index is 1440. The molecular weight excluding hydrogens is 557 g/mol. The summed E-state index contributed by atoms with van der Waals surface area (Å²) in [7, 11) is 6.24. The van der Waals surface area contributed by atoms with E-state index in [4.69, 9.17) is 18.9 Å². The number of aromatic nitrogens is 1. The highest BCUT2D eigenvalue weighted by Gasteiger charge is 2.24. The molecule has 0 aliphatic rings. The van der Waals surface area contributed by atoms with Gasteiger partial charge in [0.05, 0.1) is 40.5 Å². The molecule has 4 rings (SSSR count). The highest BCUT2D eigenvalue weighted by molar-refractivity contribution is 14.1. The van der Waals surface area contributed by atoms with Gasteiger partial charge in [0.25, 0.3) is 0 Å². The lowest BCUT2D eigenvalue weighted by molar-refractivity contribution is 0.112. The molecule has 178 valence electrons. The zero-order chi connectivity index (χ0) is 24.9. The number of carbonyl (C=O) groups is 1. The van der Waals surface area contributed by atoms with Crippen LogP contribution in [0.25, 0.3) is 22.0 Å². The molecule has 0 amide bonds. The van der Waals surface area contributed by atoms with Crippen molar-refractivity contribution in [2.75, 3.05) is 28.4 Å². The SMILES string of the molecule is COc1ccc2c(-c3c(C=O)cc(OC)c(OC)c3OC)cn(CC#Cc3ccc(I)cc3)c2c1. The van der Waals surface area contributed by atoms with Crippen LogP contribution in [0, 0.1) is 15.4 Å². The fourth-order valence-corrected chi connectivity index (χ4v) is 4.39. The second-order valence-electron chi connectivity index (χ2n) is 7.59. The third-order valence-electron chi connectivity index (χ3n) is 5.67. The van der Waals surface area contributed by atoms with Gasteiger partial charge in [0.2, 0.25) is 5.75 Å². The smallest absolute Gasteiger partial charge is 0.203 e. The summed E-state index contributed by atoms with van der Waals surface area (Å²) >= 11 is 2.27. The number of carbonyl (C=O) groups excluding carboxylic acids is 1. The van der Waals surface area contributed by atoms with E-state index in [0.29, 0.717) is 34.9 Å². The highest BCUT2D eigenvalue weighted by atomic mass is 127. The molecule has 0 bridgehead atoms. The molecule has 0 atom stereocenters. The molecule has 0 spiro atoms. The number of hydrogen-bond acceptors (Lipinski definition) is 5. The fourth-order valence-electron chi connectivity index (χ4n) is 4.03. The Morgan fingerprint density at radius 1 is 0.914 bits per heavy atom. The number of fused-ring (bicyclic) bond motifs is 1. The van der Waals surface area contributed by atoms with Crippen LogP contribution >= 0.6 is 22.6 Å². The van der Waals surface area contributed by atoms with Crippen molar-refractivity contribution in [3.8, 4) is 46.0 Å². The molecule has 0 fully saturated rings. The molecule has 0 radical (unpaired) electrons. The van der Waals surface area contributed by atoms with E-state index in [1.54, 1.807) is 27.4 Å². The number of benzene rings is 3. The standard InChI is InChI=1S/C28H24INO5/c1-32-21-11-12-22-23(26-19(17-31)14-25(33-2)27(34-3)28(26)35-4)16-30(24(22)15-21)13-5-6-18-7-9-20(29)10-8-18/h7-12,14-17H,13H2,1-4H3. The quantitative estimate of drug-likeness (QED) is 0.157. The van der Waals surface area contributed by atoms with Gasteiger partial charge in [-0.15, -0.1) is 0 Å². The van der Waals surface area contributed by atoms with Gasteiger partial charge in [-0.3, -0.25) is 4.79 Å². The van der Waals surface area contributed by atoms with Gasteiger partial charge in [-0.2, -0.15) is 0 Å². The Morgan fingerprint density at radius 3 is 2.29 bits per heavy atom. The van der Waals surface area contributed by atoms with E-state index in [0.717, 1.165) is 37.6 Å². The van der Waals surface area contributed by atoms with Crippen molar-refractivity contribution >= 4 is 39.8 Å². The van der Waals surface area contributed by atoms with Crippen molar-refractivity contribution in [2.24, 2.45) is 0 Å². The summed E-state index contributed by atoms with van der Waals surface area (Å²) in [5.74, 6) is 8.46. The Kier molecular flexibility index (Phi) is 7.51. The van der Waals surface area contributed by atoms with E-state index in [-0.39, 0.29) is 0 Å². The predicted molar refractivity (Wildman–Crippen MR) is 145 cm³/mol. The van der Waals surface area contributed by atoms with Gasteiger partial charge < -0.3 is 23.5 Å². The van der Waals surface area contributed by atoms with Crippen molar-refractivity contribution in [2.45, 2.75) is 6.54 Å². The lowest BCUT2D eigenvalue weighted by Gasteiger charge is -2.17. The largest absolute Gasteiger partial charge is 0.497 e. The molecule has 7 heteroatoms. The second-order valence-corrected chi connectivity index (χ2v) is 8.84. The van der Waals surface area contributed by atoms with Crippen LogP contribution in [0.4, 0.5) is 0 Å². The summed E-state index contributed by atoms with van der Waals surface area (Å²) in [4.78, 5) is 12.1. The molecule has 0 saturated carbocycles. The summed E-state index contributed by atoms with van der Waals surface area (Å²) < 4.78 is 25.4. The molecule has 6 nitrogen and oxygen atoms in total. The first-order chi connectivity index (χ1) is 17.0. The fraction of sp³-hybridized carbons (Fsp3) is 0.179. The number of hydrogen-bond donors (Lipinski definition) is 0. The van der Waals surface area contributed by atoms with E-state index in [1.807, 2.05) is 53.2 Å². The Balaban J connectivity index is 1.91. The van der Waals surface area contributed by atoms with Crippen molar-refractivity contribution in [1.82, 2.24) is 4.57 Å². The van der Waals surface area contributed by atoms with E-state index in [2.05, 4.69) is 34.4 Å². The van der Waals surface area contributed by atoms with Crippen LogP contribution in [-0.4, -0.2) is 39.3 Å². The molecule has 35 heavy (non-hydrogen) atoms. The van der Waals surface area contributed by atoms with Gasteiger partial charge in [-0.05, 0) is 65.1 Å². The average Bonchev–Trinajstić information content (AvgIpc) is 3.25. The van der Waals surface area contributed by atoms with Crippen LogP contribution in [-0.2, 0) is 6.54 Å². The van der Waals surface area contributed by atoms with Gasteiger partial charge in [-0.1, -0.05) is 11.8 Å². The van der Waals surface area contributed by atoms with Gasteiger partial charge in [0.15, 0.2) is 17.8 Å². The zero-order valence-electron chi connectivity index (χ0n) is 19.8. The summed E-state index contributed by atoms with van der Waals surface area (Å²) in [6.45, 7) is 0.446. The molecule has 4 aromatic rings. The second kappa shape index (κ2) is 10.7. The Hall–Kier alpha value is -3.64. The summed E-state index contributed by atoms with van der Waals surface area (Å²) in [6.07, 6.45) is 2.77. The number of halogens is 1. The molecule has 3 aromatic carbocycles. The first-order valence-electron chi connectivity index (χ1n) is 10.7.